The standard InChI is InChI=1S/C12H10IN5O/c1-19-10-6(3-2-4-8(10)13)9-7(5-14)11(15)18-12(16)17-9/h2-4H,1H3,(H4,15,16,17,18). The van der Waals surface area contributed by atoms with Crippen LogP contribution in [0, 0.1) is 14.9 Å². The van der Waals surface area contributed by atoms with Crippen molar-refractivity contribution < 1.29 is 4.74 Å². The summed E-state index contributed by atoms with van der Waals surface area (Å²) in [6, 6.07) is 7.53. The summed E-state index contributed by atoms with van der Waals surface area (Å²) in [4.78, 5) is 7.89. The second-order valence-electron chi connectivity index (χ2n) is 3.62. The molecule has 19 heavy (non-hydrogen) atoms. The molecule has 1 heterocycles. The van der Waals surface area contributed by atoms with E-state index in [1.807, 2.05) is 18.2 Å². The number of aromatic nitrogens is 2. The SMILES string of the molecule is COc1c(I)cccc1-c1nc(N)nc(N)c1C#N. The fourth-order valence-corrected chi connectivity index (χ4v) is 2.42. The molecule has 0 atom stereocenters. The first-order valence-electron chi connectivity index (χ1n) is 5.24. The van der Waals surface area contributed by atoms with Crippen molar-refractivity contribution in [1.82, 2.24) is 9.97 Å². The van der Waals surface area contributed by atoms with Gasteiger partial charge in [0.25, 0.3) is 0 Å². The van der Waals surface area contributed by atoms with Gasteiger partial charge in [-0.25, -0.2) is 4.98 Å². The molecular formula is C12H10IN5O. The number of nitrogens with zero attached hydrogens (tertiary/aromatic N) is 3. The molecule has 2 aromatic rings. The minimum absolute atomic E-state index is 0.0208. The molecule has 7 heteroatoms. The lowest BCUT2D eigenvalue weighted by molar-refractivity contribution is 0.413. The second-order valence-corrected chi connectivity index (χ2v) is 4.79. The number of halogens is 1. The third-order valence-electron chi connectivity index (χ3n) is 2.49. The summed E-state index contributed by atoms with van der Waals surface area (Å²) in [5.41, 5.74) is 12.5. The fraction of sp³-hybridized carbons (Fsp3) is 0.0833. The summed E-state index contributed by atoms with van der Waals surface area (Å²) >= 11 is 2.14. The monoisotopic (exact) mass is 367 g/mol. The van der Waals surface area contributed by atoms with Gasteiger partial charge in [0.2, 0.25) is 5.95 Å². The number of ether oxygens (including phenoxy) is 1. The summed E-state index contributed by atoms with van der Waals surface area (Å²) in [7, 11) is 1.56. The van der Waals surface area contributed by atoms with Crippen molar-refractivity contribution in [1.29, 1.82) is 5.26 Å². The first kappa shape index (κ1) is 13.4. The van der Waals surface area contributed by atoms with Crippen molar-refractivity contribution in [2.75, 3.05) is 18.6 Å². The van der Waals surface area contributed by atoms with Crippen LogP contribution in [0.2, 0.25) is 0 Å². The lowest BCUT2D eigenvalue weighted by Crippen LogP contribution is -2.05. The number of methoxy groups -OCH3 is 1. The molecule has 0 fully saturated rings. The average molecular weight is 367 g/mol. The molecule has 0 unspecified atom stereocenters. The van der Waals surface area contributed by atoms with Crippen LogP contribution in [0.25, 0.3) is 11.3 Å². The quantitative estimate of drug-likeness (QED) is 0.783. The van der Waals surface area contributed by atoms with Gasteiger partial charge in [0, 0.05) is 5.56 Å². The highest BCUT2D eigenvalue weighted by Gasteiger charge is 2.17. The van der Waals surface area contributed by atoms with Crippen LogP contribution in [-0.4, -0.2) is 17.1 Å². The average Bonchev–Trinajstić information content (AvgIpc) is 2.37. The highest BCUT2D eigenvalue weighted by molar-refractivity contribution is 14.1. The van der Waals surface area contributed by atoms with Gasteiger partial charge in [-0.05, 0) is 34.7 Å². The molecule has 0 saturated heterocycles. The molecule has 0 radical (unpaired) electrons. The molecule has 0 aliphatic carbocycles. The first-order chi connectivity index (χ1) is 9.08. The van der Waals surface area contributed by atoms with Gasteiger partial charge in [0.1, 0.15) is 23.2 Å². The molecular weight excluding hydrogens is 357 g/mol. The van der Waals surface area contributed by atoms with Crippen LogP contribution in [0.15, 0.2) is 18.2 Å². The highest BCUT2D eigenvalue weighted by Crippen LogP contribution is 2.35. The van der Waals surface area contributed by atoms with Crippen LogP contribution < -0.4 is 16.2 Å². The van der Waals surface area contributed by atoms with E-state index in [1.54, 1.807) is 13.2 Å². The lowest BCUT2D eigenvalue weighted by Gasteiger charge is -2.12. The van der Waals surface area contributed by atoms with Crippen LogP contribution in [0.5, 0.6) is 5.75 Å². The van der Waals surface area contributed by atoms with Gasteiger partial charge in [-0.1, -0.05) is 6.07 Å². The number of nitriles is 1. The Labute approximate surface area is 123 Å². The van der Waals surface area contributed by atoms with E-state index < -0.39 is 0 Å². The zero-order valence-electron chi connectivity index (χ0n) is 10.0. The van der Waals surface area contributed by atoms with Gasteiger partial charge in [-0.15, -0.1) is 0 Å². The smallest absolute Gasteiger partial charge is 0.222 e. The maximum absolute atomic E-state index is 9.19. The maximum atomic E-state index is 9.19. The zero-order chi connectivity index (χ0) is 14.0. The topological polar surface area (TPSA) is 111 Å². The van der Waals surface area contributed by atoms with Gasteiger partial charge < -0.3 is 16.2 Å². The molecule has 0 amide bonds. The number of rotatable bonds is 2. The minimum atomic E-state index is 0.0208. The van der Waals surface area contributed by atoms with E-state index in [0.29, 0.717) is 17.0 Å². The van der Waals surface area contributed by atoms with Gasteiger partial charge >= 0.3 is 0 Å². The molecule has 0 aliphatic rings. The lowest BCUT2D eigenvalue weighted by atomic mass is 10.1. The summed E-state index contributed by atoms with van der Waals surface area (Å²) in [5, 5.41) is 9.19. The third-order valence-corrected chi connectivity index (χ3v) is 3.34. The van der Waals surface area contributed by atoms with Crippen LogP contribution in [0.4, 0.5) is 11.8 Å². The molecule has 6 nitrogen and oxygen atoms in total. The Balaban J connectivity index is 2.80. The predicted octanol–water partition coefficient (Wildman–Crippen LogP) is 1.79. The number of hydrogen-bond donors (Lipinski definition) is 2. The van der Waals surface area contributed by atoms with E-state index in [-0.39, 0.29) is 17.3 Å². The molecule has 2 rings (SSSR count). The third kappa shape index (κ3) is 2.39. The Morgan fingerprint density at radius 1 is 1.32 bits per heavy atom. The van der Waals surface area contributed by atoms with Crippen molar-refractivity contribution in [2.24, 2.45) is 0 Å². The van der Waals surface area contributed by atoms with Crippen LogP contribution in [0.3, 0.4) is 0 Å². The van der Waals surface area contributed by atoms with Crippen LogP contribution in [-0.2, 0) is 0 Å². The normalized spacial score (nSPS) is 9.95. The second kappa shape index (κ2) is 5.27. The van der Waals surface area contributed by atoms with Gasteiger partial charge in [-0.3, -0.25) is 0 Å². The number of nitrogens with two attached hydrogens (primary N) is 2. The van der Waals surface area contributed by atoms with E-state index in [1.165, 1.54) is 0 Å². The predicted molar refractivity (Wildman–Crippen MR) is 80.3 cm³/mol. The van der Waals surface area contributed by atoms with Crippen LogP contribution >= 0.6 is 22.6 Å². The zero-order valence-corrected chi connectivity index (χ0v) is 12.2. The summed E-state index contributed by atoms with van der Waals surface area (Å²) < 4.78 is 6.25. The van der Waals surface area contributed by atoms with Crippen molar-refractivity contribution in [3.05, 3.63) is 27.3 Å². The molecule has 4 N–H and O–H groups in total. The molecule has 0 bridgehead atoms. The number of nitrogen functional groups attached to an aromatic ring is 2. The molecule has 96 valence electrons. The molecule has 0 spiro atoms. The van der Waals surface area contributed by atoms with Crippen molar-refractivity contribution in [2.45, 2.75) is 0 Å². The van der Waals surface area contributed by atoms with Crippen molar-refractivity contribution >= 4 is 34.4 Å². The van der Waals surface area contributed by atoms with Crippen molar-refractivity contribution in [3.8, 4) is 23.1 Å². The Morgan fingerprint density at radius 3 is 2.68 bits per heavy atom. The summed E-state index contributed by atoms with van der Waals surface area (Å²) in [6.45, 7) is 0. The molecule has 1 aromatic heterocycles. The van der Waals surface area contributed by atoms with Gasteiger partial charge in [0.05, 0.1) is 16.4 Å². The molecule has 0 aliphatic heterocycles. The van der Waals surface area contributed by atoms with Crippen LogP contribution in [0.1, 0.15) is 5.56 Å². The largest absolute Gasteiger partial charge is 0.495 e. The van der Waals surface area contributed by atoms with E-state index in [0.717, 1.165) is 3.57 Å². The highest BCUT2D eigenvalue weighted by atomic mass is 127. The van der Waals surface area contributed by atoms with Gasteiger partial charge in [-0.2, -0.15) is 10.2 Å². The minimum Gasteiger partial charge on any atom is -0.495 e. The number of para-hydroxylation sites is 1. The molecule has 1 aromatic carbocycles. The summed E-state index contributed by atoms with van der Waals surface area (Å²) in [5.74, 6) is 0.704. The Bertz CT molecular complexity index is 681. The maximum Gasteiger partial charge on any atom is 0.222 e. The van der Waals surface area contributed by atoms with E-state index in [4.69, 9.17) is 16.2 Å². The Kier molecular flexibility index (Phi) is 3.71. The fourth-order valence-electron chi connectivity index (χ4n) is 1.70. The van der Waals surface area contributed by atoms with E-state index in [2.05, 4.69) is 32.6 Å². The Hall–Kier alpha value is -2.08. The number of benzene rings is 1. The Morgan fingerprint density at radius 2 is 2.05 bits per heavy atom. The number of anilines is 2. The van der Waals surface area contributed by atoms with Crippen molar-refractivity contribution in [3.63, 3.8) is 0 Å². The summed E-state index contributed by atoms with van der Waals surface area (Å²) in [6.07, 6.45) is 0. The number of hydrogen-bond acceptors (Lipinski definition) is 6. The van der Waals surface area contributed by atoms with E-state index >= 15 is 0 Å². The van der Waals surface area contributed by atoms with Gasteiger partial charge in [0.15, 0.2) is 0 Å². The molecule has 0 saturated carbocycles. The first-order valence-corrected chi connectivity index (χ1v) is 6.32. The van der Waals surface area contributed by atoms with E-state index in [9.17, 15) is 5.26 Å².